The first-order valence-electron chi connectivity index (χ1n) is 19.9. The quantitative estimate of drug-likeness (QED) is 0.0214. The second-order valence-electron chi connectivity index (χ2n) is 14.9. The molecule has 3 saturated heterocycles. The van der Waals surface area contributed by atoms with Crippen LogP contribution < -0.4 is 5.73 Å². The normalized spacial score (nSPS) is 33.0. The van der Waals surface area contributed by atoms with E-state index in [9.17, 15) is 89.7 Å². The lowest BCUT2D eigenvalue weighted by atomic mass is 10.1. The van der Waals surface area contributed by atoms with E-state index in [0.29, 0.717) is 0 Å². The van der Waals surface area contributed by atoms with Crippen LogP contribution in [0.25, 0.3) is 0 Å². The van der Waals surface area contributed by atoms with Crippen molar-refractivity contribution in [2.75, 3.05) is 66.2 Å². The molecule has 3 aliphatic heterocycles. The van der Waals surface area contributed by atoms with Gasteiger partial charge >= 0.3 is 23.5 Å². The van der Waals surface area contributed by atoms with Gasteiger partial charge in [-0.3, -0.25) is 27.1 Å². The monoisotopic (exact) mass is 1040 g/mol. The van der Waals surface area contributed by atoms with Gasteiger partial charge in [0.25, 0.3) is 0 Å². The number of rotatable bonds is 33. The van der Waals surface area contributed by atoms with Crippen LogP contribution in [0.1, 0.15) is 19.3 Å². The summed E-state index contributed by atoms with van der Waals surface area (Å²) in [6, 6.07) is 0. The van der Waals surface area contributed by atoms with E-state index in [2.05, 4.69) is 9.05 Å². The molecule has 0 aliphatic carbocycles. The van der Waals surface area contributed by atoms with Gasteiger partial charge in [-0.2, -0.15) is 0 Å². The minimum atomic E-state index is -5.13. The lowest BCUT2D eigenvalue weighted by Crippen LogP contribution is -2.43. The summed E-state index contributed by atoms with van der Waals surface area (Å²) in [5.74, 6) is 0. The lowest BCUT2D eigenvalue weighted by molar-refractivity contribution is -0.174. The molecule has 66 heavy (non-hydrogen) atoms. The van der Waals surface area contributed by atoms with E-state index in [1.165, 1.54) is 0 Å². The molecular formula is C31H62NO31P3. The van der Waals surface area contributed by atoms with E-state index in [4.69, 9.17) is 57.4 Å². The molecule has 0 amide bonds. The second-order valence-corrected chi connectivity index (χ2v) is 19.2. The van der Waals surface area contributed by atoms with Crippen molar-refractivity contribution in [3.05, 3.63) is 0 Å². The molecule has 0 saturated carbocycles. The van der Waals surface area contributed by atoms with Gasteiger partial charge in [-0.1, -0.05) is 0 Å². The zero-order chi connectivity index (χ0) is 49.6. The summed E-state index contributed by atoms with van der Waals surface area (Å²) in [4.78, 5) is 29.8. The molecule has 0 spiro atoms. The summed E-state index contributed by atoms with van der Waals surface area (Å²) < 4.78 is 96.7. The van der Waals surface area contributed by atoms with Gasteiger partial charge in [-0.05, 0) is 0 Å². The Morgan fingerprint density at radius 3 is 1.09 bits per heavy atom. The standard InChI is InChI=1S/C31H62NO31P3/c32-13-58-64(46,47)55-10-18(40)29(43)16(38)8-53-27-2-21(24(5-34)60-27)63-66(50,51)57-12-20(42)31(45)17(39)9-54-28-3-22(25(6-35)61-28)62-65(48,49)56-11-19(41)30(44)15(37)7-52-26-1-14(36)23(4-33)59-26/h14-31,33-45H,1-13,32H2,(H,46,47)(H,48,49)(H,50,51)/t14-,15?,16?,17?,18?,19?,20?,21-,22-,23-,24-,25-,26-,27-,28-,29?,30?,31?/m1/s1. The first-order chi connectivity index (χ1) is 30.8. The highest BCUT2D eigenvalue weighted by Crippen LogP contribution is 2.49. The molecule has 12 unspecified atom stereocenters. The van der Waals surface area contributed by atoms with E-state index in [0.717, 1.165) is 0 Å². The molecule has 35 heteroatoms. The second kappa shape index (κ2) is 28.0. The van der Waals surface area contributed by atoms with Crippen LogP contribution in [0.4, 0.5) is 0 Å². The zero-order valence-electron chi connectivity index (χ0n) is 34.8. The van der Waals surface area contributed by atoms with E-state index in [1.807, 2.05) is 0 Å². The van der Waals surface area contributed by atoms with Gasteiger partial charge in [0.2, 0.25) is 0 Å². The Hall–Kier alpha value is -0.470. The third-order valence-corrected chi connectivity index (χ3v) is 12.8. The van der Waals surface area contributed by atoms with Crippen molar-refractivity contribution in [1.82, 2.24) is 0 Å². The maximum Gasteiger partial charge on any atom is 0.473 e. The van der Waals surface area contributed by atoms with E-state index in [1.54, 1.807) is 0 Å². The molecule has 0 aromatic carbocycles. The fourth-order valence-electron chi connectivity index (χ4n) is 6.10. The highest BCUT2D eigenvalue weighted by atomic mass is 31.2. The van der Waals surface area contributed by atoms with Crippen LogP contribution >= 0.6 is 23.5 Å². The van der Waals surface area contributed by atoms with Crippen LogP contribution in [0.3, 0.4) is 0 Å². The molecule has 0 radical (unpaired) electrons. The number of aliphatic hydroxyl groups excluding tert-OH is 13. The molecule has 32 nitrogen and oxygen atoms in total. The van der Waals surface area contributed by atoms with Gasteiger partial charge in [0.1, 0.15) is 92.2 Å². The summed E-state index contributed by atoms with van der Waals surface area (Å²) >= 11 is 0. The van der Waals surface area contributed by atoms with Crippen molar-refractivity contribution in [3.63, 3.8) is 0 Å². The maximum atomic E-state index is 12.7. The summed E-state index contributed by atoms with van der Waals surface area (Å²) in [5.41, 5.74) is 4.97. The van der Waals surface area contributed by atoms with Gasteiger partial charge in [0.05, 0.1) is 65.6 Å². The molecule has 3 rings (SSSR count). The Labute approximate surface area is 375 Å². The molecule has 0 aromatic rings. The van der Waals surface area contributed by atoms with E-state index < -0.39 is 207 Å². The zero-order valence-corrected chi connectivity index (χ0v) is 37.5. The van der Waals surface area contributed by atoms with Gasteiger partial charge < -0.3 is 115 Å². The van der Waals surface area contributed by atoms with Crippen molar-refractivity contribution >= 4 is 23.5 Å². The molecule has 392 valence electrons. The molecule has 21 atom stereocenters. The highest BCUT2D eigenvalue weighted by molar-refractivity contribution is 7.47. The highest BCUT2D eigenvalue weighted by Gasteiger charge is 2.44. The van der Waals surface area contributed by atoms with Gasteiger partial charge in [0.15, 0.2) is 18.9 Å². The van der Waals surface area contributed by atoms with E-state index in [-0.39, 0.29) is 12.8 Å². The van der Waals surface area contributed by atoms with Crippen LogP contribution in [0, 0.1) is 0 Å². The number of phosphoric ester groups is 3. The SMILES string of the molecule is NCOP(=O)(O)OCC(O)C(O)C(O)CO[C@H]1C[C@@H](OP(=O)(O)OCC(O)C(O)C(O)CO[C@H]2C[C@@H](OP(=O)(O)OCC(O)C(O)C(O)CO[C@H]3C[C@@H](O)[C@@H](CO)O3)[C@@H](CO)O2)[C@@H](CO)O1. The Bertz CT molecular complexity index is 1540. The molecule has 3 aliphatic rings. The number of phosphoric acid groups is 3. The van der Waals surface area contributed by atoms with Crippen LogP contribution in [0.2, 0.25) is 0 Å². The Morgan fingerprint density at radius 1 is 0.470 bits per heavy atom. The average molecular weight is 1040 g/mol. The maximum absolute atomic E-state index is 12.7. The number of aliphatic hydroxyl groups is 13. The van der Waals surface area contributed by atoms with Crippen LogP contribution in [0.15, 0.2) is 0 Å². The predicted octanol–water partition coefficient (Wildman–Crippen LogP) is -7.98. The Kier molecular flexibility index (Phi) is 25.3. The topological polar surface area (TPSA) is 512 Å². The van der Waals surface area contributed by atoms with Gasteiger partial charge in [0, 0.05) is 19.3 Å². The largest absolute Gasteiger partial charge is 0.473 e. The van der Waals surface area contributed by atoms with Crippen LogP contribution in [-0.4, -0.2) is 258 Å². The number of ether oxygens (including phenoxy) is 6. The average Bonchev–Trinajstić information content (AvgIpc) is 3.97. The molecular weight excluding hydrogens is 975 g/mol. The minimum Gasteiger partial charge on any atom is -0.394 e. The first-order valence-corrected chi connectivity index (χ1v) is 24.4. The van der Waals surface area contributed by atoms with Crippen molar-refractivity contribution in [2.24, 2.45) is 5.73 Å². The molecule has 3 heterocycles. The smallest absolute Gasteiger partial charge is 0.394 e. The molecule has 3 fully saturated rings. The first kappa shape index (κ1) is 59.8. The Balaban J connectivity index is 1.38. The fraction of sp³-hybridized carbons (Fsp3) is 1.00. The van der Waals surface area contributed by atoms with Gasteiger partial charge in [-0.15, -0.1) is 0 Å². The van der Waals surface area contributed by atoms with Crippen molar-refractivity contribution < 1.29 is 150 Å². The third kappa shape index (κ3) is 19.6. The summed E-state index contributed by atoms with van der Waals surface area (Å²) in [5, 5.41) is 130. The number of hydrogen-bond donors (Lipinski definition) is 17. The summed E-state index contributed by atoms with van der Waals surface area (Å²) in [7, 11) is -14.9. The number of nitrogens with two attached hydrogens (primary N) is 1. The number of hydrogen-bond acceptors (Lipinski definition) is 29. The molecule has 18 N–H and O–H groups in total. The van der Waals surface area contributed by atoms with Gasteiger partial charge in [-0.25, -0.2) is 13.7 Å². The van der Waals surface area contributed by atoms with Crippen molar-refractivity contribution in [2.45, 2.75) is 130 Å². The lowest BCUT2D eigenvalue weighted by Gasteiger charge is -2.25. The summed E-state index contributed by atoms with van der Waals surface area (Å²) in [6.07, 6.45) is -29.7. The predicted molar refractivity (Wildman–Crippen MR) is 206 cm³/mol. The van der Waals surface area contributed by atoms with Crippen molar-refractivity contribution in [1.29, 1.82) is 0 Å². The minimum absolute atomic E-state index is 0.0474. The fourth-order valence-corrected chi connectivity index (χ4v) is 8.64. The van der Waals surface area contributed by atoms with Crippen LogP contribution in [-0.2, 0) is 69.3 Å². The Morgan fingerprint density at radius 2 is 0.773 bits per heavy atom. The van der Waals surface area contributed by atoms with Crippen LogP contribution in [0.5, 0.6) is 0 Å². The molecule has 0 bridgehead atoms. The molecule has 0 aromatic heterocycles. The van der Waals surface area contributed by atoms with E-state index >= 15 is 0 Å². The van der Waals surface area contributed by atoms with Crippen molar-refractivity contribution in [3.8, 4) is 0 Å². The third-order valence-electron chi connectivity index (χ3n) is 9.79. The summed E-state index contributed by atoms with van der Waals surface area (Å²) in [6.45, 7) is -8.13.